The second-order valence-corrected chi connectivity index (χ2v) is 9.03. The van der Waals surface area contributed by atoms with Gasteiger partial charge in [0.05, 0.1) is 6.04 Å². The zero-order chi connectivity index (χ0) is 18.6. The molecule has 0 saturated carbocycles. The fraction of sp³-hybridized carbons (Fsp3) is 0.591. The van der Waals surface area contributed by atoms with Gasteiger partial charge in [0.25, 0.3) is 0 Å². The number of hydrogen-bond acceptors (Lipinski definition) is 3. The van der Waals surface area contributed by atoms with E-state index < -0.39 is 0 Å². The number of aromatic nitrogens is 1. The Morgan fingerprint density at radius 3 is 2.89 bits per heavy atom. The number of aromatic amines is 1. The van der Waals surface area contributed by atoms with Crippen LogP contribution in [-0.2, 0) is 17.8 Å². The zero-order valence-electron chi connectivity index (χ0n) is 16.5. The topological polar surface area (TPSA) is 51.4 Å². The van der Waals surface area contributed by atoms with Gasteiger partial charge in [0, 0.05) is 48.2 Å². The summed E-state index contributed by atoms with van der Waals surface area (Å²) >= 11 is 0. The average molecular weight is 367 g/mol. The average Bonchev–Trinajstić information content (AvgIpc) is 3.18. The minimum Gasteiger partial charge on any atom is -0.358 e. The molecule has 1 amide bonds. The van der Waals surface area contributed by atoms with Crippen molar-refractivity contribution in [3.05, 3.63) is 35.0 Å². The van der Waals surface area contributed by atoms with Crippen molar-refractivity contribution in [2.75, 3.05) is 33.2 Å². The zero-order valence-corrected chi connectivity index (χ0v) is 16.5. The third-order valence-electron chi connectivity index (χ3n) is 7.13. The first-order chi connectivity index (χ1) is 13.0. The van der Waals surface area contributed by atoms with Crippen LogP contribution < -0.4 is 5.32 Å². The molecule has 0 aliphatic carbocycles. The van der Waals surface area contributed by atoms with Crippen LogP contribution in [0.3, 0.4) is 0 Å². The standard InChI is InChI=1S/C22H30N4O/c1-15-3-4-18-16(11-15)17-13-26(10-5-19(17)24-18)21(27)20-12-22(14-25(20)2)6-8-23-9-7-22/h3-4,11,20,23-24H,5-10,12-14H2,1-2H3/t20-/m0/s1. The van der Waals surface area contributed by atoms with Crippen LogP contribution in [0.2, 0.25) is 0 Å². The Morgan fingerprint density at radius 1 is 1.26 bits per heavy atom. The summed E-state index contributed by atoms with van der Waals surface area (Å²) in [6, 6.07) is 6.63. The molecule has 3 aliphatic heterocycles. The lowest BCUT2D eigenvalue weighted by Gasteiger charge is -2.34. The van der Waals surface area contributed by atoms with Gasteiger partial charge in [-0.2, -0.15) is 0 Å². The third kappa shape index (κ3) is 2.88. The van der Waals surface area contributed by atoms with Crippen LogP contribution in [0.15, 0.2) is 18.2 Å². The number of nitrogens with zero attached hydrogens (tertiary/aromatic N) is 2. The highest BCUT2D eigenvalue weighted by molar-refractivity contribution is 5.87. The monoisotopic (exact) mass is 366 g/mol. The number of likely N-dealkylation sites (N-methyl/N-ethyl adjacent to an activating group) is 1. The Morgan fingerprint density at radius 2 is 2.07 bits per heavy atom. The van der Waals surface area contributed by atoms with E-state index in [9.17, 15) is 4.79 Å². The van der Waals surface area contributed by atoms with Crippen LogP contribution in [-0.4, -0.2) is 60.0 Å². The van der Waals surface area contributed by atoms with Crippen LogP contribution in [0.25, 0.3) is 10.9 Å². The van der Waals surface area contributed by atoms with Crippen molar-refractivity contribution in [1.29, 1.82) is 0 Å². The van der Waals surface area contributed by atoms with Gasteiger partial charge in [-0.05, 0) is 63.9 Å². The number of piperidine rings is 1. The Balaban J connectivity index is 1.37. The number of fused-ring (bicyclic) bond motifs is 3. The molecule has 2 N–H and O–H groups in total. The van der Waals surface area contributed by atoms with Crippen LogP contribution in [0.4, 0.5) is 0 Å². The van der Waals surface area contributed by atoms with Crippen molar-refractivity contribution in [3.8, 4) is 0 Å². The number of H-pyrrole nitrogens is 1. The fourth-order valence-corrected chi connectivity index (χ4v) is 5.59. The highest BCUT2D eigenvalue weighted by Gasteiger charge is 2.46. The number of carbonyl (C=O) groups excluding carboxylic acids is 1. The van der Waals surface area contributed by atoms with E-state index in [0.717, 1.165) is 45.6 Å². The predicted octanol–water partition coefficient (Wildman–Crippen LogP) is 2.43. The van der Waals surface area contributed by atoms with Crippen molar-refractivity contribution in [2.45, 2.75) is 45.2 Å². The van der Waals surface area contributed by atoms with E-state index in [-0.39, 0.29) is 6.04 Å². The Kier molecular flexibility index (Phi) is 4.06. The molecule has 1 aromatic carbocycles. The van der Waals surface area contributed by atoms with Gasteiger partial charge in [0.2, 0.25) is 5.91 Å². The minimum atomic E-state index is 0.0524. The summed E-state index contributed by atoms with van der Waals surface area (Å²) in [6.45, 7) is 6.97. The quantitative estimate of drug-likeness (QED) is 0.815. The highest BCUT2D eigenvalue weighted by atomic mass is 16.2. The molecule has 4 heterocycles. The van der Waals surface area contributed by atoms with Gasteiger partial charge in [0.15, 0.2) is 0 Å². The van der Waals surface area contributed by atoms with Crippen LogP contribution in [0.1, 0.15) is 36.1 Å². The molecule has 144 valence electrons. The lowest BCUT2D eigenvalue weighted by molar-refractivity contribution is -0.136. The fourth-order valence-electron chi connectivity index (χ4n) is 5.59. The number of likely N-dealkylation sites (tertiary alicyclic amines) is 1. The van der Waals surface area contributed by atoms with Gasteiger partial charge >= 0.3 is 0 Å². The maximum absolute atomic E-state index is 13.4. The van der Waals surface area contributed by atoms with E-state index >= 15 is 0 Å². The lowest BCUT2D eigenvalue weighted by Crippen LogP contribution is -2.46. The van der Waals surface area contributed by atoms with Gasteiger partial charge < -0.3 is 15.2 Å². The molecule has 5 rings (SSSR count). The van der Waals surface area contributed by atoms with Gasteiger partial charge in [-0.1, -0.05) is 11.6 Å². The smallest absolute Gasteiger partial charge is 0.240 e. The predicted molar refractivity (Wildman–Crippen MR) is 108 cm³/mol. The first-order valence-corrected chi connectivity index (χ1v) is 10.3. The number of amides is 1. The summed E-state index contributed by atoms with van der Waals surface area (Å²) in [6.07, 6.45) is 4.36. The largest absolute Gasteiger partial charge is 0.358 e. The Labute approximate surface area is 161 Å². The molecule has 2 saturated heterocycles. The Bertz CT molecular complexity index is 880. The molecule has 1 spiro atoms. The molecule has 2 aromatic rings. The summed E-state index contributed by atoms with van der Waals surface area (Å²) < 4.78 is 0. The number of rotatable bonds is 1. The first-order valence-electron chi connectivity index (χ1n) is 10.3. The van der Waals surface area contributed by atoms with Gasteiger partial charge in [0.1, 0.15) is 0 Å². The van der Waals surface area contributed by atoms with Gasteiger partial charge in [-0.15, -0.1) is 0 Å². The molecular formula is C22H30N4O. The normalized spacial score (nSPS) is 25.3. The van der Waals surface area contributed by atoms with Gasteiger partial charge in [-0.3, -0.25) is 9.69 Å². The first kappa shape index (κ1) is 17.3. The molecule has 5 nitrogen and oxygen atoms in total. The molecular weight excluding hydrogens is 336 g/mol. The van der Waals surface area contributed by atoms with Crippen molar-refractivity contribution in [3.63, 3.8) is 0 Å². The molecule has 0 bridgehead atoms. The van der Waals surface area contributed by atoms with Crippen LogP contribution in [0.5, 0.6) is 0 Å². The molecule has 2 fully saturated rings. The maximum Gasteiger partial charge on any atom is 0.240 e. The maximum atomic E-state index is 13.4. The van der Waals surface area contributed by atoms with E-state index in [4.69, 9.17) is 0 Å². The van der Waals surface area contributed by atoms with E-state index in [1.165, 1.54) is 40.6 Å². The molecule has 1 atom stereocenters. The minimum absolute atomic E-state index is 0.0524. The van der Waals surface area contributed by atoms with E-state index in [2.05, 4.69) is 52.3 Å². The highest BCUT2D eigenvalue weighted by Crippen LogP contribution is 2.42. The van der Waals surface area contributed by atoms with E-state index in [1.54, 1.807) is 0 Å². The number of aryl methyl sites for hydroxylation is 1. The van der Waals surface area contributed by atoms with Crippen molar-refractivity contribution in [1.82, 2.24) is 20.1 Å². The molecule has 0 radical (unpaired) electrons. The summed E-state index contributed by atoms with van der Waals surface area (Å²) in [7, 11) is 2.14. The second kappa shape index (κ2) is 6.35. The van der Waals surface area contributed by atoms with Crippen LogP contribution in [0, 0.1) is 12.3 Å². The number of benzene rings is 1. The van der Waals surface area contributed by atoms with Crippen molar-refractivity contribution in [2.24, 2.45) is 5.41 Å². The number of nitrogens with one attached hydrogen (secondary N) is 2. The molecule has 5 heteroatoms. The molecule has 0 unspecified atom stereocenters. The SMILES string of the molecule is Cc1ccc2[nH]c3c(c2c1)CN(C(=O)[C@@H]1CC2(CCNCC2)CN1C)CC3. The van der Waals surface area contributed by atoms with E-state index in [1.807, 2.05) is 0 Å². The number of hydrogen-bond donors (Lipinski definition) is 2. The van der Waals surface area contributed by atoms with Crippen molar-refractivity contribution >= 4 is 16.8 Å². The Hall–Kier alpha value is -1.85. The molecule has 27 heavy (non-hydrogen) atoms. The second-order valence-electron chi connectivity index (χ2n) is 9.03. The van der Waals surface area contributed by atoms with E-state index in [0.29, 0.717) is 11.3 Å². The van der Waals surface area contributed by atoms with Crippen molar-refractivity contribution < 1.29 is 4.79 Å². The lowest BCUT2D eigenvalue weighted by atomic mass is 9.77. The molecule has 3 aliphatic rings. The summed E-state index contributed by atoms with van der Waals surface area (Å²) in [5, 5.41) is 4.76. The van der Waals surface area contributed by atoms with Gasteiger partial charge in [-0.25, -0.2) is 0 Å². The number of carbonyl (C=O) groups is 1. The third-order valence-corrected chi connectivity index (χ3v) is 7.13. The van der Waals surface area contributed by atoms with Crippen LogP contribution >= 0.6 is 0 Å². The summed E-state index contributed by atoms with van der Waals surface area (Å²) in [5.74, 6) is 0.334. The summed E-state index contributed by atoms with van der Waals surface area (Å²) in [5.41, 5.74) is 5.46. The summed E-state index contributed by atoms with van der Waals surface area (Å²) in [4.78, 5) is 21.4. The molecule has 1 aromatic heterocycles.